The Labute approximate surface area is 89.1 Å². The molecule has 1 heterocycles. The number of carbonyl (C=O) groups excluding carboxylic acids is 1. The molecule has 1 aromatic rings. The van der Waals surface area contributed by atoms with Gasteiger partial charge < -0.3 is 11.1 Å². The van der Waals surface area contributed by atoms with Gasteiger partial charge >= 0.3 is 0 Å². The first-order valence-corrected chi connectivity index (χ1v) is 4.87. The Hall–Kier alpha value is -1.65. The van der Waals surface area contributed by atoms with Gasteiger partial charge in [-0.3, -0.25) is 4.79 Å². The Morgan fingerprint density at radius 2 is 2.20 bits per heavy atom. The van der Waals surface area contributed by atoms with E-state index in [0.29, 0.717) is 11.9 Å². The standard InChI is InChI=1S/C10H16N4O/c1-6(2)8-4-7(3)13-10(14-8)12-5-9(11)15/h4,6H,5H2,1-3H3,(H2,11,15)(H,12,13,14). The van der Waals surface area contributed by atoms with Crippen LogP contribution in [0.25, 0.3) is 0 Å². The fourth-order valence-electron chi connectivity index (χ4n) is 1.13. The summed E-state index contributed by atoms with van der Waals surface area (Å²) in [6.45, 7) is 6.06. The average molecular weight is 208 g/mol. The molecule has 15 heavy (non-hydrogen) atoms. The summed E-state index contributed by atoms with van der Waals surface area (Å²) < 4.78 is 0. The van der Waals surface area contributed by atoms with E-state index in [4.69, 9.17) is 5.73 Å². The second-order valence-corrected chi connectivity index (χ2v) is 3.73. The van der Waals surface area contributed by atoms with Gasteiger partial charge in [0.05, 0.1) is 6.54 Å². The van der Waals surface area contributed by atoms with E-state index in [-0.39, 0.29) is 6.54 Å². The van der Waals surface area contributed by atoms with Gasteiger partial charge in [-0.25, -0.2) is 9.97 Å². The van der Waals surface area contributed by atoms with Crippen LogP contribution >= 0.6 is 0 Å². The zero-order valence-corrected chi connectivity index (χ0v) is 9.24. The van der Waals surface area contributed by atoms with Crippen LogP contribution < -0.4 is 11.1 Å². The molecule has 82 valence electrons. The first-order chi connectivity index (χ1) is 6.99. The molecule has 1 amide bonds. The van der Waals surface area contributed by atoms with Crippen LogP contribution in [0.2, 0.25) is 0 Å². The topological polar surface area (TPSA) is 80.9 Å². The van der Waals surface area contributed by atoms with Crippen LogP contribution in [0.1, 0.15) is 31.2 Å². The van der Waals surface area contributed by atoms with E-state index < -0.39 is 5.91 Å². The number of anilines is 1. The van der Waals surface area contributed by atoms with Crippen molar-refractivity contribution < 1.29 is 4.79 Å². The Bertz CT molecular complexity index is 362. The van der Waals surface area contributed by atoms with Crippen LogP contribution in [0.5, 0.6) is 0 Å². The van der Waals surface area contributed by atoms with Gasteiger partial charge in [-0.2, -0.15) is 0 Å². The largest absolute Gasteiger partial charge is 0.368 e. The highest BCUT2D eigenvalue weighted by Crippen LogP contribution is 2.13. The van der Waals surface area contributed by atoms with Crippen LogP contribution in [0.4, 0.5) is 5.95 Å². The zero-order valence-electron chi connectivity index (χ0n) is 9.24. The van der Waals surface area contributed by atoms with E-state index in [1.54, 1.807) is 0 Å². The van der Waals surface area contributed by atoms with Crippen LogP contribution in [0.3, 0.4) is 0 Å². The number of hydrogen-bond acceptors (Lipinski definition) is 4. The summed E-state index contributed by atoms with van der Waals surface area (Å²) in [5, 5.41) is 2.78. The lowest BCUT2D eigenvalue weighted by molar-refractivity contribution is -0.116. The molecule has 0 aliphatic rings. The molecule has 1 aromatic heterocycles. The molecule has 0 fully saturated rings. The molecule has 5 heteroatoms. The number of nitrogens with two attached hydrogens (primary N) is 1. The second-order valence-electron chi connectivity index (χ2n) is 3.73. The summed E-state index contributed by atoms with van der Waals surface area (Å²) >= 11 is 0. The smallest absolute Gasteiger partial charge is 0.236 e. The molecule has 0 aromatic carbocycles. The van der Waals surface area contributed by atoms with Gasteiger partial charge in [-0.05, 0) is 18.9 Å². The second kappa shape index (κ2) is 4.72. The quantitative estimate of drug-likeness (QED) is 0.767. The van der Waals surface area contributed by atoms with Crippen LogP contribution in [-0.4, -0.2) is 22.4 Å². The van der Waals surface area contributed by atoms with Gasteiger partial charge in [0, 0.05) is 11.4 Å². The van der Waals surface area contributed by atoms with Crippen molar-refractivity contribution in [2.75, 3.05) is 11.9 Å². The van der Waals surface area contributed by atoms with Gasteiger partial charge in [0.25, 0.3) is 0 Å². The molecule has 0 atom stereocenters. The summed E-state index contributed by atoms with van der Waals surface area (Å²) in [6.07, 6.45) is 0. The molecule has 0 spiro atoms. The lowest BCUT2D eigenvalue weighted by atomic mass is 10.1. The number of primary amides is 1. The number of rotatable bonds is 4. The van der Waals surface area contributed by atoms with Gasteiger partial charge in [0.15, 0.2) is 0 Å². The normalized spacial score (nSPS) is 10.4. The summed E-state index contributed by atoms with van der Waals surface area (Å²) in [5.41, 5.74) is 6.85. The van der Waals surface area contributed by atoms with Crippen LogP contribution in [0, 0.1) is 6.92 Å². The highest BCUT2D eigenvalue weighted by molar-refractivity contribution is 5.78. The highest BCUT2D eigenvalue weighted by Gasteiger charge is 2.05. The number of aryl methyl sites for hydroxylation is 1. The predicted molar refractivity (Wildman–Crippen MR) is 58.5 cm³/mol. The maximum atomic E-state index is 10.6. The van der Waals surface area contributed by atoms with Crippen molar-refractivity contribution in [1.29, 1.82) is 0 Å². The molecule has 0 saturated heterocycles. The Balaban J connectivity index is 2.84. The SMILES string of the molecule is Cc1cc(C(C)C)nc(NCC(N)=O)n1. The molecule has 0 saturated carbocycles. The minimum absolute atomic E-state index is 0.0565. The van der Waals surface area contributed by atoms with Crippen LogP contribution in [0.15, 0.2) is 6.07 Å². The fourth-order valence-corrected chi connectivity index (χ4v) is 1.13. The molecule has 0 bridgehead atoms. The summed E-state index contributed by atoms with van der Waals surface area (Å²) in [4.78, 5) is 19.0. The molecule has 0 radical (unpaired) electrons. The van der Waals surface area contributed by atoms with Gasteiger partial charge in [-0.15, -0.1) is 0 Å². The molecule has 5 nitrogen and oxygen atoms in total. The van der Waals surface area contributed by atoms with E-state index in [2.05, 4.69) is 29.1 Å². The minimum atomic E-state index is -0.425. The van der Waals surface area contributed by atoms with E-state index in [9.17, 15) is 4.79 Å². The van der Waals surface area contributed by atoms with Gasteiger partial charge in [-0.1, -0.05) is 13.8 Å². The van der Waals surface area contributed by atoms with Crippen molar-refractivity contribution in [3.05, 3.63) is 17.5 Å². The van der Waals surface area contributed by atoms with Gasteiger partial charge in [0.1, 0.15) is 0 Å². The summed E-state index contributed by atoms with van der Waals surface area (Å²) in [7, 11) is 0. The maximum Gasteiger partial charge on any atom is 0.236 e. The predicted octanol–water partition coefficient (Wildman–Crippen LogP) is 0.806. The third kappa shape index (κ3) is 3.53. The zero-order chi connectivity index (χ0) is 11.4. The van der Waals surface area contributed by atoms with Crippen molar-refractivity contribution in [1.82, 2.24) is 9.97 Å². The minimum Gasteiger partial charge on any atom is -0.368 e. The van der Waals surface area contributed by atoms with Crippen molar-refractivity contribution in [2.24, 2.45) is 5.73 Å². The first-order valence-electron chi connectivity index (χ1n) is 4.87. The summed E-state index contributed by atoms with van der Waals surface area (Å²) in [6, 6.07) is 1.93. The lowest BCUT2D eigenvalue weighted by Gasteiger charge is -2.08. The Kier molecular flexibility index (Phi) is 3.60. The molecule has 1 rings (SSSR count). The van der Waals surface area contributed by atoms with E-state index in [1.807, 2.05) is 13.0 Å². The number of nitrogens with zero attached hydrogens (tertiary/aromatic N) is 2. The Morgan fingerprint density at radius 1 is 1.53 bits per heavy atom. The van der Waals surface area contributed by atoms with Crippen molar-refractivity contribution >= 4 is 11.9 Å². The molecule has 0 aliphatic carbocycles. The first kappa shape index (κ1) is 11.4. The summed E-state index contributed by atoms with van der Waals surface area (Å²) in [5.74, 6) is 0.365. The number of carbonyl (C=O) groups is 1. The third-order valence-corrected chi connectivity index (χ3v) is 1.89. The Morgan fingerprint density at radius 3 is 2.73 bits per heavy atom. The van der Waals surface area contributed by atoms with E-state index in [1.165, 1.54) is 0 Å². The molecular weight excluding hydrogens is 192 g/mol. The monoisotopic (exact) mass is 208 g/mol. The van der Waals surface area contributed by atoms with E-state index in [0.717, 1.165) is 11.4 Å². The van der Waals surface area contributed by atoms with Crippen molar-refractivity contribution in [3.63, 3.8) is 0 Å². The molecule has 0 aliphatic heterocycles. The number of aromatic nitrogens is 2. The van der Waals surface area contributed by atoms with Crippen molar-refractivity contribution in [3.8, 4) is 0 Å². The van der Waals surface area contributed by atoms with Crippen LogP contribution in [-0.2, 0) is 4.79 Å². The van der Waals surface area contributed by atoms with E-state index >= 15 is 0 Å². The fraction of sp³-hybridized carbons (Fsp3) is 0.500. The van der Waals surface area contributed by atoms with Crippen molar-refractivity contribution in [2.45, 2.75) is 26.7 Å². The highest BCUT2D eigenvalue weighted by atomic mass is 16.1. The average Bonchev–Trinajstić information content (AvgIpc) is 2.13. The maximum absolute atomic E-state index is 10.6. The molecular formula is C10H16N4O. The third-order valence-electron chi connectivity index (χ3n) is 1.89. The molecule has 0 unspecified atom stereocenters. The van der Waals surface area contributed by atoms with Gasteiger partial charge in [0.2, 0.25) is 11.9 Å². The number of nitrogens with one attached hydrogen (secondary N) is 1. The molecule has 3 N–H and O–H groups in total. The number of hydrogen-bond donors (Lipinski definition) is 2. The lowest BCUT2D eigenvalue weighted by Crippen LogP contribution is -2.23. The number of amides is 1.